The van der Waals surface area contributed by atoms with E-state index < -0.39 is 17.2 Å². The molecule has 0 saturated heterocycles. The molecule has 2 N–H and O–H groups in total. The number of furan rings is 1. The predicted octanol–water partition coefficient (Wildman–Crippen LogP) is 1.20. The van der Waals surface area contributed by atoms with Crippen LogP contribution in [0.4, 0.5) is 5.00 Å². The van der Waals surface area contributed by atoms with E-state index in [9.17, 15) is 14.4 Å². The second kappa shape index (κ2) is 6.05. The van der Waals surface area contributed by atoms with Crippen LogP contribution in [0.25, 0.3) is 0 Å². The molecule has 0 bridgehead atoms. The van der Waals surface area contributed by atoms with Crippen molar-refractivity contribution in [2.45, 2.75) is 13.5 Å². The lowest BCUT2D eigenvalue weighted by atomic mass is 10.3. The number of anilines is 1. The lowest BCUT2D eigenvalue weighted by Crippen LogP contribution is -2.39. The largest absolute Gasteiger partial charge is 0.467 e. The van der Waals surface area contributed by atoms with Crippen LogP contribution in [-0.4, -0.2) is 19.8 Å². The van der Waals surface area contributed by atoms with Crippen LogP contribution in [0.3, 0.4) is 0 Å². The van der Waals surface area contributed by atoms with Crippen molar-refractivity contribution in [3.8, 4) is 0 Å². The quantitative estimate of drug-likeness (QED) is 0.746. The van der Waals surface area contributed by atoms with E-state index in [1.165, 1.54) is 6.26 Å². The molecule has 3 rings (SSSR count). The molecule has 8 nitrogen and oxygen atoms in total. The number of hydrogen-bond donors (Lipinski definition) is 2. The molecule has 0 radical (unpaired) electrons. The molecule has 0 aliphatic carbocycles. The van der Waals surface area contributed by atoms with Crippen molar-refractivity contribution in [3.05, 3.63) is 68.5 Å². The van der Waals surface area contributed by atoms with Gasteiger partial charge in [0.2, 0.25) is 0 Å². The number of nitrogens with one attached hydrogen (secondary N) is 2. The summed E-state index contributed by atoms with van der Waals surface area (Å²) < 4.78 is 10.1. The van der Waals surface area contributed by atoms with Crippen LogP contribution in [0, 0.1) is 6.92 Å². The minimum Gasteiger partial charge on any atom is -0.467 e. The summed E-state index contributed by atoms with van der Waals surface area (Å²) in [4.78, 5) is 38.8. The molecule has 118 valence electrons. The Morgan fingerprint density at radius 1 is 1.48 bits per heavy atom. The molecule has 0 spiro atoms. The van der Waals surface area contributed by atoms with Crippen LogP contribution < -0.4 is 16.6 Å². The summed E-state index contributed by atoms with van der Waals surface area (Å²) in [7, 11) is 0. The van der Waals surface area contributed by atoms with Crippen LogP contribution in [-0.2, 0) is 6.54 Å². The normalized spacial score (nSPS) is 10.7. The van der Waals surface area contributed by atoms with Gasteiger partial charge in [0.05, 0.1) is 18.5 Å². The van der Waals surface area contributed by atoms with E-state index in [0.717, 1.165) is 28.0 Å². The van der Waals surface area contributed by atoms with Crippen molar-refractivity contribution in [1.29, 1.82) is 0 Å². The van der Waals surface area contributed by atoms with E-state index in [0.29, 0.717) is 10.8 Å². The molecule has 3 heterocycles. The van der Waals surface area contributed by atoms with Crippen molar-refractivity contribution in [2.75, 3.05) is 5.32 Å². The van der Waals surface area contributed by atoms with E-state index in [-0.39, 0.29) is 12.1 Å². The highest BCUT2D eigenvalue weighted by atomic mass is 32.1. The Balaban J connectivity index is 1.92. The fourth-order valence-corrected chi connectivity index (χ4v) is 2.63. The molecule has 0 saturated carbocycles. The first-order valence-electron chi connectivity index (χ1n) is 6.64. The molecule has 0 fully saturated rings. The monoisotopic (exact) mass is 332 g/mol. The van der Waals surface area contributed by atoms with E-state index in [1.807, 2.05) is 0 Å². The number of hydrogen-bond acceptors (Lipinski definition) is 6. The molecule has 0 aromatic carbocycles. The van der Waals surface area contributed by atoms with Gasteiger partial charge in [0.15, 0.2) is 0 Å². The molecule has 0 aliphatic rings. The molecular weight excluding hydrogens is 320 g/mol. The van der Waals surface area contributed by atoms with Crippen LogP contribution >= 0.6 is 11.5 Å². The standard InChI is InChI=1S/C14H12N4O4S/c1-8-5-11(23-17-8)16-12(19)10-6-15-14(21)18(13(10)20)7-9-3-2-4-22-9/h2-6H,7H2,1H3,(H,15,21)(H,16,19). The summed E-state index contributed by atoms with van der Waals surface area (Å²) in [6, 6.07) is 4.98. The van der Waals surface area contributed by atoms with Gasteiger partial charge in [-0.05, 0) is 36.7 Å². The number of aromatic nitrogens is 3. The Kier molecular flexibility index (Phi) is 3.94. The third-order valence-corrected chi connectivity index (χ3v) is 3.86. The first-order chi connectivity index (χ1) is 11.0. The molecular formula is C14H12N4O4S. The van der Waals surface area contributed by atoms with E-state index >= 15 is 0 Å². The van der Waals surface area contributed by atoms with Gasteiger partial charge < -0.3 is 14.7 Å². The fraction of sp³-hybridized carbons (Fsp3) is 0.143. The molecule has 3 aromatic heterocycles. The highest BCUT2D eigenvalue weighted by Crippen LogP contribution is 2.15. The lowest BCUT2D eigenvalue weighted by Gasteiger charge is -2.05. The predicted molar refractivity (Wildman–Crippen MR) is 83.9 cm³/mol. The zero-order valence-corrected chi connectivity index (χ0v) is 12.8. The maximum absolute atomic E-state index is 12.4. The number of aryl methyl sites for hydroxylation is 1. The average molecular weight is 332 g/mol. The van der Waals surface area contributed by atoms with Crippen molar-refractivity contribution >= 4 is 22.4 Å². The van der Waals surface area contributed by atoms with E-state index in [4.69, 9.17) is 4.42 Å². The Morgan fingerprint density at radius 2 is 2.30 bits per heavy atom. The van der Waals surface area contributed by atoms with Crippen molar-refractivity contribution in [1.82, 2.24) is 13.9 Å². The Morgan fingerprint density at radius 3 is 2.96 bits per heavy atom. The minimum absolute atomic E-state index is 0.0536. The van der Waals surface area contributed by atoms with E-state index in [2.05, 4.69) is 14.7 Å². The van der Waals surface area contributed by atoms with Crippen molar-refractivity contribution < 1.29 is 9.21 Å². The summed E-state index contributed by atoms with van der Waals surface area (Å²) in [5, 5.41) is 3.11. The third kappa shape index (κ3) is 3.14. The van der Waals surface area contributed by atoms with Gasteiger partial charge in [0.1, 0.15) is 16.3 Å². The molecule has 9 heteroatoms. The van der Waals surface area contributed by atoms with Crippen molar-refractivity contribution in [3.63, 3.8) is 0 Å². The smallest absolute Gasteiger partial charge is 0.328 e. The molecule has 0 aliphatic heterocycles. The summed E-state index contributed by atoms with van der Waals surface area (Å²) in [5.41, 5.74) is -0.704. The Bertz CT molecular complexity index is 952. The van der Waals surface area contributed by atoms with Gasteiger partial charge >= 0.3 is 5.69 Å². The van der Waals surface area contributed by atoms with Gasteiger partial charge in [-0.3, -0.25) is 14.2 Å². The number of H-pyrrole nitrogens is 1. The number of amides is 1. The number of carbonyl (C=O) groups is 1. The summed E-state index contributed by atoms with van der Waals surface area (Å²) >= 11 is 1.11. The van der Waals surface area contributed by atoms with Gasteiger partial charge in [-0.2, -0.15) is 4.37 Å². The van der Waals surface area contributed by atoms with Gasteiger partial charge in [-0.15, -0.1) is 0 Å². The van der Waals surface area contributed by atoms with Crippen LogP contribution in [0.2, 0.25) is 0 Å². The lowest BCUT2D eigenvalue weighted by molar-refractivity contribution is 0.102. The van der Waals surface area contributed by atoms with Crippen LogP contribution in [0.5, 0.6) is 0 Å². The maximum atomic E-state index is 12.4. The summed E-state index contributed by atoms with van der Waals surface area (Å²) in [5.74, 6) is -0.170. The van der Waals surface area contributed by atoms with Gasteiger partial charge in [-0.1, -0.05) is 0 Å². The summed E-state index contributed by atoms with van der Waals surface area (Å²) in [6.07, 6.45) is 2.55. The molecule has 0 unspecified atom stereocenters. The highest BCUT2D eigenvalue weighted by molar-refractivity contribution is 7.10. The minimum atomic E-state index is -0.691. The topological polar surface area (TPSA) is 110 Å². The number of nitrogens with zero attached hydrogens (tertiary/aromatic N) is 2. The third-order valence-electron chi connectivity index (χ3n) is 3.06. The van der Waals surface area contributed by atoms with Crippen LogP contribution in [0.15, 0.2) is 44.7 Å². The number of rotatable bonds is 4. The Hall–Kier alpha value is -2.94. The molecule has 1 amide bonds. The van der Waals surface area contributed by atoms with Gasteiger partial charge in [0.25, 0.3) is 11.5 Å². The molecule has 23 heavy (non-hydrogen) atoms. The fourth-order valence-electron chi connectivity index (χ4n) is 1.98. The highest BCUT2D eigenvalue weighted by Gasteiger charge is 2.16. The Labute approximate surface area is 133 Å². The SMILES string of the molecule is Cc1cc(NC(=O)c2c[nH]c(=O)n(Cc3ccco3)c2=O)sn1. The molecule has 3 aromatic rings. The number of aromatic amines is 1. The first kappa shape index (κ1) is 15.0. The second-order valence-electron chi connectivity index (χ2n) is 4.76. The van der Waals surface area contributed by atoms with Crippen LogP contribution in [0.1, 0.15) is 21.8 Å². The van der Waals surface area contributed by atoms with Crippen molar-refractivity contribution in [2.24, 2.45) is 0 Å². The van der Waals surface area contributed by atoms with Gasteiger partial charge in [-0.25, -0.2) is 4.79 Å². The second-order valence-corrected chi connectivity index (χ2v) is 5.57. The zero-order chi connectivity index (χ0) is 16.4. The summed E-state index contributed by atoms with van der Waals surface area (Å²) in [6.45, 7) is 1.74. The van der Waals surface area contributed by atoms with Gasteiger partial charge in [0, 0.05) is 6.20 Å². The zero-order valence-electron chi connectivity index (χ0n) is 12.0. The number of carbonyl (C=O) groups excluding carboxylic acids is 1. The first-order valence-corrected chi connectivity index (χ1v) is 7.41. The average Bonchev–Trinajstić information content (AvgIpc) is 3.15. The van der Waals surface area contributed by atoms with E-state index in [1.54, 1.807) is 25.1 Å². The maximum Gasteiger partial charge on any atom is 0.328 e. The molecule has 0 atom stereocenters.